The second kappa shape index (κ2) is 6.83. The van der Waals surface area contributed by atoms with Gasteiger partial charge < -0.3 is 15.4 Å². The van der Waals surface area contributed by atoms with E-state index in [0.717, 1.165) is 25.2 Å². The molecule has 2 aromatic carbocycles. The van der Waals surface area contributed by atoms with E-state index in [0.29, 0.717) is 18.0 Å². The smallest absolute Gasteiger partial charge is 0.411 e. The van der Waals surface area contributed by atoms with Gasteiger partial charge in [0.1, 0.15) is 0 Å². The topological polar surface area (TPSA) is 67.6 Å². The van der Waals surface area contributed by atoms with Crippen molar-refractivity contribution in [1.29, 1.82) is 0 Å². The van der Waals surface area contributed by atoms with Gasteiger partial charge in [-0.3, -0.25) is 5.32 Å². The standard InChI is InChI=1S/C19H23N3O2/c1-3-24-19(23)21-18-7-6-16(11-17(18)20)22-9-8-14-5-4-13(2)10-15(14)12-22/h4-7,10-11H,3,8-9,12,20H2,1-2H3,(H,21,23). The van der Waals surface area contributed by atoms with Gasteiger partial charge in [-0.1, -0.05) is 23.8 Å². The van der Waals surface area contributed by atoms with Crippen LogP contribution in [0.5, 0.6) is 0 Å². The van der Waals surface area contributed by atoms with Crippen molar-refractivity contribution in [3.8, 4) is 0 Å². The Labute approximate surface area is 142 Å². The fourth-order valence-electron chi connectivity index (χ4n) is 3.04. The van der Waals surface area contributed by atoms with Crippen LogP contribution in [0, 0.1) is 6.92 Å². The minimum atomic E-state index is -0.487. The molecule has 3 rings (SSSR count). The number of hydrogen-bond acceptors (Lipinski definition) is 4. The number of benzene rings is 2. The molecular weight excluding hydrogens is 302 g/mol. The van der Waals surface area contributed by atoms with E-state index in [1.807, 2.05) is 18.2 Å². The second-order valence-electron chi connectivity index (χ2n) is 6.06. The Balaban J connectivity index is 1.76. The summed E-state index contributed by atoms with van der Waals surface area (Å²) in [5.41, 5.74) is 12.3. The van der Waals surface area contributed by atoms with Gasteiger partial charge in [0.05, 0.1) is 18.0 Å². The number of carbonyl (C=O) groups excluding carboxylic acids is 1. The average molecular weight is 325 g/mol. The van der Waals surface area contributed by atoms with Gasteiger partial charge >= 0.3 is 6.09 Å². The number of anilines is 3. The van der Waals surface area contributed by atoms with E-state index >= 15 is 0 Å². The maximum atomic E-state index is 11.5. The zero-order chi connectivity index (χ0) is 17.1. The third-order valence-corrected chi connectivity index (χ3v) is 4.29. The van der Waals surface area contributed by atoms with E-state index in [1.54, 1.807) is 6.92 Å². The lowest BCUT2D eigenvalue weighted by molar-refractivity contribution is 0.168. The number of aryl methyl sites for hydroxylation is 1. The van der Waals surface area contributed by atoms with Gasteiger partial charge in [-0.05, 0) is 49.6 Å². The molecule has 0 spiro atoms. The molecule has 0 unspecified atom stereocenters. The lowest BCUT2D eigenvalue weighted by Crippen LogP contribution is -2.30. The van der Waals surface area contributed by atoms with E-state index in [9.17, 15) is 4.79 Å². The lowest BCUT2D eigenvalue weighted by atomic mass is 9.97. The normalized spacial score (nSPS) is 13.3. The van der Waals surface area contributed by atoms with Gasteiger partial charge in [-0.25, -0.2) is 4.79 Å². The van der Waals surface area contributed by atoms with Crippen LogP contribution in [0.1, 0.15) is 23.6 Å². The van der Waals surface area contributed by atoms with Crippen molar-refractivity contribution in [3.05, 3.63) is 53.1 Å². The van der Waals surface area contributed by atoms with Crippen LogP contribution in [0.15, 0.2) is 36.4 Å². The van der Waals surface area contributed by atoms with Crippen LogP contribution in [0.4, 0.5) is 21.9 Å². The summed E-state index contributed by atoms with van der Waals surface area (Å²) in [6.07, 6.45) is 0.539. The first-order valence-electron chi connectivity index (χ1n) is 8.23. The molecule has 0 fully saturated rings. The first-order chi connectivity index (χ1) is 11.6. The summed E-state index contributed by atoms with van der Waals surface area (Å²) in [6, 6.07) is 12.4. The lowest BCUT2D eigenvalue weighted by Gasteiger charge is -2.31. The summed E-state index contributed by atoms with van der Waals surface area (Å²) < 4.78 is 4.88. The Morgan fingerprint density at radius 3 is 2.83 bits per heavy atom. The molecule has 1 aliphatic heterocycles. The SMILES string of the molecule is CCOC(=O)Nc1ccc(N2CCc3ccc(C)cc3C2)cc1N. The van der Waals surface area contributed by atoms with E-state index in [1.165, 1.54) is 16.7 Å². The summed E-state index contributed by atoms with van der Waals surface area (Å²) >= 11 is 0. The van der Waals surface area contributed by atoms with Gasteiger partial charge in [0.15, 0.2) is 0 Å². The molecule has 0 aliphatic carbocycles. The largest absolute Gasteiger partial charge is 0.450 e. The predicted molar refractivity (Wildman–Crippen MR) is 97.4 cm³/mol. The zero-order valence-electron chi connectivity index (χ0n) is 14.1. The van der Waals surface area contributed by atoms with Crippen molar-refractivity contribution >= 4 is 23.2 Å². The molecule has 0 saturated carbocycles. The number of rotatable bonds is 3. The molecule has 0 aromatic heterocycles. The number of ether oxygens (including phenoxy) is 1. The second-order valence-corrected chi connectivity index (χ2v) is 6.06. The summed E-state index contributed by atoms with van der Waals surface area (Å²) in [6.45, 7) is 6.05. The molecule has 2 aromatic rings. The van der Waals surface area contributed by atoms with Crippen LogP contribution in [0.25, 0.3) is 0 Å². The molecule has 0 saturated heterocycles. The van der Waals surface area contributed by atoms with Crippen molar-refractivity contribution < 1.29 is 9.53 Å². The zero-order valence-corrected chi connectivity index (χ0v) is 14.1. The van der Waals surface area contributed by atoms with Crippen molar-refractivity contribution in [2.24, 2.45) is 0 Å². The van der Waals surface area contributed by atoms with Gasteiger partial charge in [-0.2, -0.15) is 0 Å². The Hall–Kier alpha value is -2.69. The number of fused-ring (bicyclic) bond motifs is 1. The van der Waals surface area contributed by atoms with Gasteiger partial charge in [-0.15, -0.1) is 0 Å². The van der Waals surface area contributed by atoms with Crippen LogP contribution >= 0.6 is 0 Å². The monoisotopic (exact) mass is 325 g/mol. The summed E-state index contributed by atoms with van der Waals surface area (Å²) in [5.74, 6) is 0. The highest BCUT2D eigenvalue weighted by Crippen LogP contribution is 2.29. The molecule has 1 aliphatic rings. The quantitative estimate of drug-likeness (QED) is 0.844. The molecule has 3 N–H and O–H groups in total. The van der Waals surface area contributed by atoms with Crippen LogP contribution in [0.2, 0.25) is 0 Å². The highest BCUT2D eigenvalue weighted by molar-refractivity contribution is 5.89. The summed E-state index contributed by atoms with van der Waals surface area (Å²) in [7, 11) is 0. The van der Waals surface area contributed by atoms with E-state index in [-0.39, 0.29) is 0 Å². The molecular formula is C19H23N3O2. The van der Waals surface area contributed by atoms with Gasteiger partial charge in [0.25, 0.3) is 0 Å². The van der Waals surface area contributed by atoms with Gasteiger partial charge in [0, 0.05) is 18.8 Å². The van der Waals surface area contributed by atoms with Crippen LogP contribution in [-0.4, -0.2) is 19.2 Å². The first-order valence-corrected chi connectivity index (χ1v) is 8.23. The minimum Gasteiger partial charge on any atom is -0.450 e. The molecule has 0 radical (unpaired) electrons. The number of nitrogens with one attached hydrogen (secondary N) is 1. The minimum absolute atomic E-state index is 0.330. The molecule has 126 valence electrons. The fraction of sp³-hybridized carbons (Fsp3) is 0.316. The fourth-order valence-corrected chi connectivity index (χ4v) is 3.04. The van der Waals surface area contributed by atoms with Gasteiger partial charge in [0.2, 0.25) is 0 Å². The molecule has 5 heteroatoms. The number of carbonyl (C=O) groups is 1. The van der Waals surface area contributed by atoms with Crippen LogP contribution in [0.3, 0.4) is 0 Å². The average Bonchev–Trinajstić information content (AvgIpc) is 2.56. The Morgan fingerprint density at radius 1 is 1.25 bits per heavy atom. The molecule has 1 amide bonds. The van der Waals surface area contributed by atoms with E-state index in [4.69, 9.17) is 10.5 Å². The number of nitrogen functional groups attached to an aromatic ring is 1. The van der Waals surface area contributed by atoms with Crippen molar-refractivity contribution in [2.45, 2.75) is 26.8 Å². The Kier molecular flexibility index (Phi) is 4.60. The highest BCUT2D eigenvalue weighted by atomic mass is 16.5. The highest BCUT2D eigenvalue weighted by Gasteiger charge is 2.17. The molecule has 5 nitrogen and oxygen atoms in total. The number of amides is 1. The molecule has 0 bridgehead atoms. The Morgan fingerprint density at radius 2 is 2.08 bits per heavy atom. The maximum absolute atomic E-state index is 11.5. The first kappa shape index (κ1) is 16.2. The maximum Gasteiger partial charge on any atom is 0.411 e. The van der Waals surface area contributed by atoms with Crippen LogP contribution < -0.4 is 16.0 Å². The summed E-state index contributed by atoms with van der Waals surface area (Å²) in [4.78, 5) is 13.8. The molecule has 24 heavy (non-hydrogen) atoms. The molecule has 0 atom stereocenters. The Bertz CT molecular complexity index is 758. The van der Waals surface area contributed by atoms with Crippen molar-refractivity contribution in [2.75, 3.05) is 29.1 Å². The number of nitrogens with zero attached hydrogens (tertiary/aromatic N) is 1. The third-order valence-electron chi connectivity index (χ3n) is 4.29. The van der Waals surface area contributed by atoms with E-state index < -0.39 is 6.09 Å². The predicted octanol–water partition coefficient (Wildman–Crippen LogP) is 3.71. The van der Waals surface area contributed by atoms with E-state index in [2.05, 4.69) is 35.3 Å². The van der Waals surface area contributed by atoms with Crippen molar-refractivity contribution in [3.63, 3.8) is 0 Å². The third kappa shape index (κ3) is 3.45. The van der Waals surface area contributed by atoms with Crippen molar-refractivity contribution in [1.82, 2.24) is 0 Å². The summed E-state index contributed by atoms with van der Waals surface area (Å²) in [5, 5.41) is 2.66. The van der Waals surface area contributed by atoms with Crippen LogP contribution in [-0.2, 0) is 17.7 Å². The number of hydrogen-bond donors (Lipinski definition) is 2. The molecule has 1 heterocycles. The number of nitrogens with two attached hydrogens (primary N) is 1.